The van der Waals surface area contributed by atoms with Crippen molar-refractivity contribution in [1.82, 2.24) is 5.16 Å². The van der Waals surface area contributed by atoms with Gasteiger partial charge < -0.3 is 14.9 Å². The van der Waals surface area contributed by atoms with E-state index < -0.39 is 5.97 Å². The van der Waals surface area contributed by atoms with Crippen LogP contribution in [0.25, 0.3) is 0 Å². The normalized spacial score (nSPS) is 13.3. The zero-order valence-corrected chi connectivity index (χ0v) is 10.3. The van der Waals surface area contributed by atoms with Gasteiger partial charge in [0, 0.05) is 11.8 Å². The van der Waals surface area contributed by atoms with Gasteiger partial charge in [-0.15, -0.1) is 0 Å². The Kier molecular flexibility index (Phi) is 2.95. The van der Waals surface area contributed by atoms with Crippen LogP contribution >= 0.6 is 0 Å². The smallest absolute Gasteiger partial charge is 0.358 e. The molecular weight excluding hydrogens is 244 g/mol. The van der Waals surface area contributed by atoms with E-state index in [9.17, 15) is 4.79 Å². The Bertz CT molecular complexity index is 619. The number of aromatic carboxylic acids is 1. The SMILES string of the molecule is O=C(O)c1cc(CNc2ccc3c(c2)CCC3)on1. The number of hydrogen-bond acceptors (Lipinski definition) is 4. The van der Waals surface area contributed by atoms with Gasteiger partial charge in [-0.1, -0.05) is 11.2 Å². The highest BCUT2D eigenvalue weighted by atomic mass is 16.5. The number of nitrogens with one attached hydrogen (secondary N) is 1. The van der Waals surface area contributed by atoms with Crippen molar-refractivity contribution in [3.05, 3.63) is 46.8 Å². The Balaban J connectivity index is 1.67. The van der Waals surface area contributed by atoms with Crippen LogP contribution in [0.15, 0.2) is 28.8 Å². The Morgan fingerprint density at radius 2 is 2.16 bits per heavy atom. The highest BCUT2D eigenvalue weighted by Gasteiger charge is 2.12. The average Bonchev–Trinajstić information content (AvgIpc) is 3.04. The molecular formula is C14H14N2O3. The van der Waals surface area contributed by atoms with Gasteiger partial charge in [-0.3, -0.25) is 0 Å². The molecule has 0 bridgehead atoms. The van der Waals surface area contributed by atoms with E-state index in [0.717, 1.165) is 12.1 Å². The Morgan fingerprint density at radius 1 is 1.32 bits per heavy atom. The molecule has 2 N–H and O–H groups in total. The summed E-state index contributed by atoms with van der Waals surface area (Å²) in [6, 6.07) is 7.77. The highest BCUT2D eigenvalue weighted by Crippen LogP contribution is 2.25. The van der Waals surface area contributed by atoms with Gasteiger partial charge in [0.05, 0.1) is 6.54 Å². The van der Waals surface area contributed by atoms with Gasteiger partial charge in [0.25, 0.3) is 0 Å². The fourth-order valence-electron chi connectivity index (χ4n) is 2.37. The Labute approximate surface area is 110 Å². The van der Waals surface area contributed by atoms with E-state index in [4.69, 9.17) is 9.63 Å². The van der Waals surface area contributed by atoms with E-state index in [1.54, 1.807) is 0 Å². The molecule has 0 unspecified atom stereocenters. The number of carboxylic acid groups (broad SMARTS) is 1. The molecule has 1 aliphatic carbocycles. The van der Waals surface area contributed by atoms with Crippen molar-refractivity contribution >= 4 is 11.7 Å². The maximum Gasteiger partial charge on any atom is 0.358 e. The number of aromatic nitrogens is 1. The minimum atomic E-state index is -1.08. The van der Waals surface area contributed by atoms with Crippen LogP contribution in [-0.2, 0) is 19.4 Å². The van der Waals surface area contributed by atoms with E-state index in [2.05, 4.69) is 22.6 Å². The molecule has 5 nitrogen and oxygen atoms in total. The van der Waals surface area contributed by atoms with Crippen molar-refractivity contribution in [2.45, 2.75) is 25.8 Å². The molecule has 1 heterocycles. The number of rotatable bonds is 4. The lowest BCUT2D eigenvalue weighted by Crippen LogP contribution is -1.99. The number of carbonyl (C=O) groups is 1. The second kappa shape index (κ2) is 4.76. The minimum absolute atomic E-state index is 0.0641. The van der Waals surface area contributed by atoms with E-state index in [-0.39, 0.29) is 5.69 Å². The first-order valence-corrected chi connectivity index (χ1v) is 6.27. The molecule has 1 aromatic carbocycles. The minimum Gasteiger partial charge on any atom is -0.476 e. The summed E-state index contributed by atoms with van der Waals surface area (Å²) in [6.45, 7) is 0.430. The third kappa shape index (κ3) is 2.45. The van der Waals surface area contributed by atoms with Crippen LogP contribution in [0, 0.1) is 0 Å². The van der Waals surface area contributed by atoms with Crippen LogP contribution in [0.3, 0.4) is 0 Å². The summed E-state index contributed by atoms with van der Waals surface area (Å²) in [6.07, 6.45) is 3.53. The van der Waals surface area contributed by atoms with Gasteiger partial charge in [-0.25, -0.2) is 4.79 Å². The predicted molar refractivity (Wildman–Crippen MR) is 69.3 cm³/mol. The molecule has 0 spiro atoms. The lowest BCUT2D eigenvalue weighted by atomic mass is 10.1. The Morgan fingerprint density at radius 3 is 2.95 bits per heavy atom. The van der Waals surface area contributed by atoms with Crippen LogP contribution in [0.4, 0.5) is 5.69 Å². The van der Waals surface area contributed by atoms with Crippen LogP contribution in [0.5, 0.6) is 0 Å². The number of benzene rings is 1. The van der Waals surface area contributed by atoms with E-state index in [1.165, 1.54) is 30.0 Å². The molecule has 0 fully saturated rings. The lowest BCUT2D eigenvalue weighted by Gasteiger charge is -2.06. The van der Waals surface area contributed by atoms with E-state index in [1.807, 2.05) is 6.07 Å². The first kappa shape index (κ1) is 11.8. The molecule has 3 rings (SSSR count). The fourth-order valence-corrected chi connectivity index (χ4v) is 2.37. The van der Waals surface area contributed by atoms with Gasteiger partial charge in [0.2, 0.25) is 0 Å². The summed E-state index contributed by atoms with van der Waals surface area (Å²) in [5.41, 5.74) is 3.78. The number of fused-ring (bicyclic) bond motifs is 1. The first-order valence-electron chi connectivity index (χ1n) is 6.27. The summed E-state index contributed by atoms with van der Waals surface area (Å²) in [7, 11) is 0. The molecule has 0 amide bonds. The molecule has 2 aromatic rings. The average molecular weight is 258 g/mol. The van der Waals surface area contributed by atoms with Gasteiger partial charge in [0.15, 0.2) is 11.5 Å². The van der Waals surface area contributed by atoms with Crippen molar-refractivity contribution in [3.8, 4) is 0 Å². The number of hydrogen-bond donors (Lipinski definition) is 2. The molecule has 1 aliphatic rings. The maximum atomic E-state index is 10.7. The first-order chi connectivity index (χ1) is 9.22. The summed E-state index contributed by atoms with van der Waals surface area (Å²) >= 11 is 0. The number of nitrogens with zero attached hydrogens (tertiary/aromatic N) is 1. The van der Waals surface area contributed by atoms with Crippen molar-refractivity contribution in [3.63, 3.8) is 0 Å². The molecule has 19 heavy (non-hydrogen) atoms. The van der Waals surface area contributed by atoms with Gasteiger partial charge in [-0.05, 0) is 42.5 Å². The van der Waals surface area contributed by atoms with Gasteiger partial charge in [0.1, 0.15) is 0 Å². The summed E-state index contributed by atoms with van der Waals surface area (Å²) in [5, 5.41) is 15.4. The van der Waals surface area contributed by atoms with Crippen molar-refractivity contribution in [2.24, 2.45) is 0 Å². The second-order valence-corrected chi connectivity index (χ2v) is 4.67. The molecule has 0 saturated carbocycles. The monoisotopic (exact) mass is 258 g/mol. The van der Waals surface area contributed by atoms with E-state index in [0.29, 0.717) is 12.3 Å². The Hall–Kier alpha value is -2.30. The lowest BCUT2D eigenvalue weighted by molar-refractivity contribution is 0.0685. The zero-order valence-electron chi connectivity index (χ0n) is 10.3. The topological polar surface area (TPSA) is 75.4 Å². The van der Waals surface area contributed by atoms with Crippen LogP contribution in [-0.4, -0.2) is 16.2 Å². The summed E-state index contributed by atoms with van der Waals surface area (Å²) < 4.78 is 4.95. The second-order valence-electron chi connectivity index (χ2n) is 4.67. The number of aryl methyl sites for hydroxylation is 2. The van der Waals surface area contributed by atoms with Crippen molar-refractivity contribution in [1.29, 1.82) is 0 Å². The van der Waals surface area contributed by atoms with Crippen molar-refractivity contribution in [2.75, 3.05) is 5.32 Å². The van der Waals surface area contributed by atoms with Gasteiger partial charge >= 0.3 is 5.97 Å². The molecule has 0 atom stereocenters. The predicted octanol–water partition coefficient (Wildman–Crippen LogP) is 2.47. The molecule has 1 aromatic heterocycles. The zero-order chi connectivity index (χ0) is 13.2. The fraction of sp³-hybridized carbons (Fsp3) is 0.286. The van der Waals surface area contributed by atoms with Crippen LogP contribution in [0.1, 0.15) is 33.8 Å². The number of anilines is 1. The standard InChI is InChI=1S/C14H14N2O3/c17-14(18)13-7-12(19-16-13)8-15-11-5-4-9-2-1-3-10(9)6-11/h4-7,15H,1-3,8H2,(H,17,18). The largest absolute Gasteiger partial charge is 0.476 e. The molecule has 0 saturated heterocycles. The van der Waals surface area contributed by atoms with E-state index >= 15 is 0 Å². The third-order valence-corrected chi connectivity index (χ3v) is 3.34. The van der Waals surface area contributed by atoms with Crippen molar-refractivity contribution < 1.29 is 14.4 Å². The quantitative estimate of drug-likeness (QED) is 0.881. The number of carboxylic acids is 1. The molecule has 0 radical (unpaired) electrons. The highest BCUT2D eigenvalue weighted by molar-refractivity contribution is 5.85. The van der Waals surface area contributed by atoms with Gasteiger partial charge in [-0.2, -0.15) is 0 Å². The maximum absolute atomic E-state index is 10.7. The molecule has 0 aliphatic heterocycles. The third-order valence-electron chi connectivity index (χ3n) is 3.34. The summed E-state index contributed by atoms with van der Waals surface area (Å²) in [5.74, 6) is -0.564. The van der Waals surface area contributed by atoms with Crippen LogP contribution < -0.4 is 5.32 Å². The summed E-state index contributed by atoms with van der Waals surface area (Å²) in [4.78, 5) is 10.7. The van der Waals surface area contributed by atoms with Crippen LogP contribution in [0.2, 0.25) is 0 Å². The molecule has 98 valence electrons. The molecule has 5 heteroatoms.